The largest absolute Gasteiger partial charge is 0.399 e. The number of benzene rings is 1. The number of hydrogen-bond acceptors (Lipinski definition) is 4. The Morgan fingerprint density at radius 2 is 2.32 bits per heavy atom. The molecule has 0 aliphatic rings. The summed E-state index contributed by atoms with van der Waals surface area (Å²) >= 11 is 1.50. The van der Waals surface area contributed by atoms with Crippen molar-refractivity contribution in [3.63, 3.8) is 0 Å². The maximum absolute atomic E-state index is 13.7. The summed E-state index contributed by atoms with van der Waals surface area (Å²) in [6.07, 6.45) is 3.68. The van der Waals surface area contributed by atoms with E-state index in [1.807, 2.05) is 16.0 Å². The Morgan fingerprint density at radius 1 is 1.47 bits per heavy atom. The number of anilines is 1. The monoisotopic (exact) mass is 295 g/mol. The van der Waals surface area contributed by atoms with Gasteiger partial charge in [0.05, 0.1) is 27.1 Å². The predicted molar refractivity (Wildman–Crippen MR) is 74.0 cm³/mol. The van der Waals surface area contributed by atoms with E-state index in [0.29, 0.717) is 11.4 Å². The van der Waals surface area contributed by atoms with Gasteiger partial charge in [-0.1, -0.05) is 0 Å². The molecule has 0 saturated carbocycles. The molecule has 7 heteroatoms. The van der Waals surface area contributed by atoms with Crippen LogP contribution >= 0.6 is 11.3 Å². The molecule has 2 aromatic heterocycles. The zero-order valence-electron chi connectivity index (χ0n) is 9.75. The van der Waals surface area contributed by atoms with Gasteiger partial charge in [0.1, 0.15) is 5.82 Å². The van der Waals surface area contributed by atoms with Gasteiger partial charge in [-0.3, -0.25) is 8.61 Å². The molecule has 1 aromatic carbocycles. The number of aromatic nitrogens is 2. The van der Waals surface area contributed by atoms with Crippen LogP contribution < -0.4 is 5.73 Å². The standard InChI is InChI=1S/C12H10FN3OS2/c13-10-5-8(14)1-2-11(10)19(17)7-9-6-16-3-4-18-12(16)15-9/h1-6H,7,14H2. The van der Waals surface area contributed by atoms with Gasteiger partial charge >= 0.3 is 0 Å². The SMILES string of the molecule is Nc1ccc(S(=O)Cc2cn3ccsc3n2)c(F)c1. The van der Waals surface area contributed by atoms with Gasteiger partial charge in [-0.2, -0.15) is 0 Å². The van der Waals surface area contributed by atoms with E-state index < -0.39 is 16.6 Å². The molecule has 19 heavy (non-hydrogen) atoms. The van der Waals surface area contributed by atoms with Gasteiger partial charge in [-0.15, -0.1) is 11.3 Å². The average Bonchev–Trinajstić information content (AvgIpc) is 2.89. The smallest absolute Gasteiger partial charge is 0.193 e. The molecule has 2 heterocycles. The number of nitrogens with zero attached hydrogens (tertiary/aromatic N) is 2. The lowest BCUT2D eigenvalue weighted by atomic mass is 10.3. The van der Waals surface area contributed by atoms with Gasteiger partial charge in [0, 0.05) is 23.5 Å². The zero-order chi connectivity index (χ0) is 13.4. The van der Waals surface area contributed by atoms with E-state index in [4.69, 9.17) is 5.73 Å². The number of nitrogens with two attached hydrogens (primary N) is 1. The number of thiazole rings is 1. The first-order valence-corrected chi connectivity index (χ1v) is 7.68. The molecule has 0 bridgehead atoms. The van der Waals surface area contributed by atoms with Crippen LogP contribution in [0.2, 0.25) is 0 Å². The Balaban J connectivity index is 1.86. The highest BCUT2D eigenvalue weighted by Gasteiger charge is 2.13. The molecule has 98 valence electrons. The Morgan fingerprint density at radius 3 is 3.05 bits per heavy atom. The number of nitrogen functional groups attached to an aromatic ring is 1. The lowest BCUT2D eigenvalue weighted by Gasteiger charge is -2.02. The number of fused-ring (bicyclic) bond motifs is 1. The predicted octanol–water partition coefficient (Wildman–Crippen LogP) is 2.42. The summed E-state index contributed by atoms with van der Waals surface area (Å²) in [7, 11) is -1.47. The van der Waals surface area contributed by atoms with Gasteiger partial charge in [-0.25, -0.2) is 9.37 Å². The molecular formula is C12H10FN3OS2. The maximum atomic E-state index is 13.7. The molecule has 2 N–H and O–H groups in total. The molecule has 0 saturated heterocycles. The molecule has 1 atom stereocenters. The summed E-state index contributed by atoms with van der Waals surface area (Å²) in [6, 6.07) is 4.18. The van der Waals surface area contributed by atoms with Crippen LogP contribution in [0.3, 0.4) is 0 Å². The van der Waals surface area contributed by atoms with Crippen molar-refractivity contribution in [1.82, 2.24) is 9.38 Å². The van der Waals surface area contributed by atoms with Crippen molar-refractivity contribution in [3.8, 4) is 0 Å². The fraction of sp³-hybridized carbons (Fsp3) is 0.0833. The number of imidazole rings is 1. The van der Waals surface area contributed by atoms with E-state index >= 15 is 0 Å². The van der Waals surface area contributed by atoms with E-state index in [-0.39, 0.29) is 10.6 Å². The summed E-state index contributed by atoms with van der Waals surface area (Å²) in [5.41, 5.74) is 6.47. The molecule has 0 amide bonds. The fourth-order valence-corrected chi connectivity index (χ4v) is 3.54. The summed E-state index contributed by atoms with van der Waals surface area (Å²) < 4.78 is 27.6. The van der Waals surface area contributed by atoms with Crippen LogP contribution in [0.25, 0.3) is 4.96 Å². The van der Waals surface area contributed by atoms with Crippen molar-refractivity contribution in [2.24, 2.45) is 0 Å². The van der Waals surface area contributed by atoms with Crippen LogP contribution in [0.5, 0.6) is 0 Å². The molecule has 0 radical (unpaired) electrons. The Labute approximate surface area is 115 Å². The van der Waals surface area contributed by atoms with Crippen LogP contribution in [0.1, 0.15) is 5.69 Å². The van der Waals surface area contributed by atoms with Crippen LogP contribution in [0.15, 0.2) is 40.9 Å². The number of halogens is 1. The number of hydrogen-bond donors (Lipinski definition) is 1. The fourth-order valence-electron chi connectivity index (χ4n) is 1.76. The van der Waals surface area contributed by atoms with Crippen molar-refractivity contribution in [3.05, 3.63) is 47.5 Å². The van der Waals surface area contributed by atoms with Gasteiger partial charge in [0.25, 0.3) is 0 Å². The lowest BCUT2D eigenvalue weighted by molar-refractivity contribution is 0.596. The minimum absolute atomic E-state index is 0.158. The maximum Gasteiger partial charge on any atom is 0.193 e. The molecule has 4 nitrogen and oxygen atoms in total. The van der Waals surface area contributed by atoms with E-state index in [0.717, 1.165) is 4.96 Å². The highest BCUT2D eigenvalue weighted by atomic mass is 32.2. The van der Waals surface area contributed by atoms with Gasteiger partial charge < -0.3 is 5.73 Å². The molecule has 0 spiro atoms. The second-order valence-corrected chi connectivity index (χ2v) is 6.30. The zero-order valence-corrected chi connectivity index (χ0v) is 11.4. The lowest BCUT2D eigenvalue weighted by Crippen LogP contribution is -2.00. The van der Waals surface area contributed by atoms with Crippen LogP contribution in [0, 0.1) is 5.82 Å². The van der Waals surface area contributed by atoms with Crippen molar-refractivity contribution in [2.75, 3.05) is 5.73 Å². The third-order valence-corrected chi connectivity index (χ3v) is 4.77. The Bertz CT molecular complexity index is 737. The van der Waals surface area contributed by atoms with Crippen molar-refractivity contribution in [1.29, 1.82) is 0 Å². The van der Waals surface area contributed by atoms with Crippen molar-refractivity contribution in [2.45, 2.75) is 10.6 Å². The molecule has 3 aromatic rings. The molecule has 1 unspecified atom stereocenters. The molecule has 0 aliphatic carbocycles. The molecule has 0 fully saturated rings. The first-order valence-electron chi connectivity index (χ1n) is 5.48. The van der Waals surface area contributed by atoms with Crippen molar-refractivity contribution >= 4 is 32.8 Å². The Kier molecular flexibility index (Phi) is 3.08. The van der Waals surface area contributed by atoms with Crippen LogP contribution in [-0.4, -0.2) is 13.6 Å². The van der Waals surface area contributed by atoms with E-state index in [1.54, 1.807) is 12.3 Å². The van der Waals surface area contributed by atoms with E-state index in [9.17, 15) is 8.60 Å². The highest BCUT2D eigenvalue weighted by molar-refractivity contribution is 7.84. The summed E-state index contributed by atoms with van der Waals surface area (Å²) in [5, 5.41) is 1.92. The molecular weight excluding hydrogens is 285 g/mol. The minimum atomic E-state index is -1.47. The minimum Gasteiger partial charge on any atom is -0.399 e. The van der Waals surface area contributed by atoms with Gasteiger partial charge in [0.2, 0.25) is 0 Å². The second kappa shape index (κ2) is 4.75. The molecule has 3 rings (SSSR count). The van der Waals surface area contributed by atoms with Crippen LogP contribution in [-0.2, 0) is 16.6 Å². The summed E-state index contributed by atoms with van der Waals surface area (Å²) in [5.74, 6) is -0.353. The number of rotatable bonds is 3. The first-order chi connectivity index (χ1) is 9.13. The van der Waals surface area contributed by atoms with Gasteiger partial charge in [0.15, 0.2) is 4.96 Å². The third kappa shape index (κ3) is 2.39. The normalized spacial score (nSPS) is 12.9. The Hall–Kier alpha value is -1.73. The highest BCUT2D eigenvalue weighted by Crippen LogP contribution is 2.19. The summed E-state index contributed by atoms with van der Waals surface area (Å²) in [6.45, 7) is 0. The summed E-state index contributed by atoms with van der Waals surface area (Å²) in [4.78, 5) is 5.32. The van der Waals surface area contributed by atoms with Crippen molar-refractivity contribution < 1.29 is 8.60 Å². The molecule has 0 aliphatic heterocycles. The topological polar surface area (TPSA) is 60.4 Å². The quantitative estimate of drug-likeness (QED) is 0.755. The first kappa shape index (κ1) is 12.3. The van der Waals surface area contributed by atoms with Gasteiger partial charge in [-0.05, 0) is 18.2 Å². The average molecular weight is 295 g/mol. The third-order valence-electron chi connectivity index (χ3n) is 2.62. The van der Waals surface area contributed by atoms with E-state index in [2.05, 4.69) is 4.98 Å². The van der Waals surface area contributed by atoms with E-state index in [1.165, 1.54) is 23.5 Å². The van der Waals surface area contributed by atoms with Crippen LogP contribution in [0.4, 0.5) is 10.1 Å². The second-order valence-electron chi connectivity index (χ2n) is 4.00.